The molecule has 9 aromatic carbocycles. The van der Waals surface area contributed by atoms with Gasteiger partial charge in [-0.05, 0) is 94.0 Å². The van der Waals surface area contributed by atoms with Crippen LogP contribution in [-0.4, -0.2) is 9.13 Å². The number of nitrogens with zero attached hydrogens (tertiary/aromatic N) is 2. The SMILES string of the molecule is c1ccc(-c2cccc(-c3ccccc3)c2-c2ccc3c4ccccc4n(-c4ccc5c(c4)c4ccccc4n5-c4ccc5sc6ccccc6c5c4)c3c2)cc1. The van der Waals surface area contributed by atoms with Crippen molar-refractivity contribution in [1.29, 1.82) is 0 Å². The van der Waals surface area contributed by atoms with E-state index in [4.69, 9.17) is 0 Å². The maximum atomic E-state index is 2.47. The zero-order valence-electron chi connectivity index (χ0n) is 30.9. The lowest BCUT2D eigenvalue weighted by Crippen LogP contribution is -1.96. The molecule has 2 nitrogen and oxygen atoms in total. The second kappa shape index (κ2) is 12.7. The number of hydrogen-bond acceptors (Lipinski definition) is 1. The van der Waals surface area contributed by atoms with Gasteiger partial charge in [-0.15, -0.1) is 11.3 Å². The fourth-order valence-electron chi connectivity index (χ4n) is 9.22. The number of benzene rings is 9. The molecule has 3 heteroatoms. The van der Waals surface area contributed by atoms with Gasteiger partial charge in [-0.3, -0.25) is 0 Å². The Morgan fingerprint density at radius 3 is 1.49 bits per heavy atom. The molecule has 0 amide bonds. The van der Waals surface area contributed by atoms with E-state index in [9.17, 15) is 0 Å². The summed E-state index contributed by atoms with van der Waals surface area (Å²) in [6.45, 7) is 0. The molecule has 0 saturated carbocycles. The second-order valence-corrected chi connectivity index (χ2v) is 16.0. The van der Waals surface area contributed by atoms with Crippen LogP contribution in [0, 0.1) is 0 Å². The summed E-state index contributed by atoms with van der Waals surface area (Å²) in [5.74, 6) is 0. The first-order chi connectivity index (χ1) is 28.3. The van der Waals surface area contributed by atoms with Crippen molar-refractivity contribution in [3.8, 4) is 44.8 Å². The average molecular weight is 743 g/mol. The summed E-state index contributed by atoms with van der Waals surface area (Å²) >= 11 is 1.86. The second-order valence-electron chi connectivity index (χ2n) is 14.9. The highest BCUT2D eigenvalue weighted by atomic mass is 32.1. The Bertz CT molecular complexity index is 3450. The van der Waals surface area contributed by atoms with Crippen LogP contribution in [0.5, 0.6) is 0 Å². The lowest BCUT2D eigenvalue weighted by Gasteiger charge is -2.17. The summed E-state index contributed by atoms with van der Waals surface area (Å²) in [5, 5.41) is 7.59. The van der Waals surface area contributed by atoms with E-state index in [1.165, 1.54) is 103 Å². The molecular formula is C54H34N2S. The minimum Gasteiger partial charge on any atom is -0.309 e. The van der Waals surface area contributed by atoms with Gasteiger partial charge >= 0.3 is 0 Å². The van der Waals surface area contributed by atoms with Crippen LogP contribution in [0.4, 0.5) is 0 Å². The van der Waals surface area contributed by atoms with Crippen LogP contribution >= 0.6 is 11.3 Å². The van der Waals surface area contributed by atoms with Crippen LogP contribution in [0.1, 0.15) is 0 Å². The number of fused-ring (bicyclic) bond motifs is 9. The molecule has 0 fully saturated rings. The Labute approximate surface area is 333 Å². The molecule has 0 spiro atoms. The molecule has 0 aliphatic carbocycles. The first-order valence-electron chi connectivity index (χ1n) is 19.5. The minimum atomic E-state index is 1.15. The lowest BCUT2D eigenvalue weighted by atomic mass is 9.87. The molecule has 0 unspecified atom stereocenters. The van der Waals surface area contributed by atoms with Crippen LogP contribution in [0.25, 0.3) is 109 Å². The maximum absolute atomic E-state index is 2.47. The standard InChI is InChI=1S/C54H34N2S/c1-3-14-35(15-4-1)40-21-13-22-41(36-16-5-2-6-17-36)54(40)37-26-29-44-42-18-7-10-23-48(42)56(51(44)32-37)38-27-30-50-46(33-38)43-19-8-11-24-49(43)55(50)39-28-31-53-47(34-39)45-20-9-12-25-52(45)57-53/h1-34H. The fourth-order valence-corrected chi connectivity index (χ4v) is 10.3. The highest BCUT2D eigenvalue weighted by Crippen LogP contribution is 2.44. The van der Waals surface area contributed by atoms with Gasteiger partial charge in [-0.25, -0.2) is 0 Å². The van der Waals surface area contributed by atoms with Crippen molar-refractivity contribution < 1.29 is 0 Å². The van der Waals surface area contributed by atoms with Crippen molar-refractivity contribution >= 4 is 75.1 Å². The number of aromatic nitrogens is 2. The molecule has 266 valence electrons. The average Bonchev–Trinajstić information content (AvgIpc) is 3.93. The normalized spacial score (nSPS) is 11.9. The Kier molecular flexibility index (Phi) is 7.13. The highest BCUT2D eigenvalue weighted by Gasteiger charge is 2.20. The van der Waals surface area contributed by atoms with E-state index in [1.54, 1.807) is 0 Å². The zero-order chi connectivity index (χ0) is 37.5. The maximum Gasteiger partial charge on any atom is 0.0547 e. The number of rotatable bonds is 5. The molecule has 0 aliphatic heterocycles. The Morgan fingerprint density at radius 1 is 0.281 bits per heavy atom. The van der Waals surface area contributed by atoms with Gasteiger partial charge in [-0.1, -0.05) is 146 Å². The van der Waals surface area contributed by atoms with Crippen molar-refractivity contribution in [2.45, 2.75) is 0 Å². The van der Waals surface area contributed by atoms with E-state index >= 15 is 0 Å². The fraction of sp³-hybridized carbons (Fsp3) is 0. The Morgan fingerprint density at radius 2 is 0.789 bits per heavy atom. The lowest BCUT2D eigenvalue weighted by molar-refractivity contribution is 1.17. The molecule has 0 N–H and O–H groups in total. The van der Waals surface area contributed by atoms with Gasteiger partial charge in [0, 0.05) is 53.1 Å². The van der Waals surface area contributed by atoms with Crippen LogP contribution in [0.3, 0.4) is 0 Å². The summed E-state index contributed by atoms with van der Waals surface area (Å²) in [7, 11) is 0. The van der Waals surface area contributed by atoms with Gasteiger partial charge < -0.3 is 9.13 Å². The van der Waals surface area contributed by atoms with Gasteiger partial charge in [-0.2, -0.15) is 0 Å². The summed E-state index contributed by atoms with van der Waals surface area (Å²) in [5.41, 5.74) is 14.4. The third-order valence-electron chi connectivity index (χ3n) is 11.7. The first kappa shape index (κ1) is 32.1. The molecule has 3 aromatic heterocycles. The predicted octanol–water partition coefficient (Wildman–Crippen LogP) is 15.2. The van der Waals surface area contributed by atoms with Crippen molar-refractivity contribution in [2.24, 2.45) is 0 Å². The number of hydrogen-bond donors (Lipinski definition) is 0. The largest absolute Gasteiger partial charge is 0.309 e. The zero-order valence-corrected chi connectivity index (χ0v) is 31.7. The minimum absolute atomic E-state index is 1.15. The molecule has 0 aliphatic rings. The van der Waals surface area contributed by atoms with E-state index in [2.05, 4.69) is 215 Å². The van der Waals surface area contributed by atoms with E-state index in [0.29, 0.717) is 0 Å². The number of para-hydroxylation sites is 2. The van der Waals surface area contributed by atoms with Gasteiger partial charge in [0.05, 0.1) is 22.1 Å². The first-order valence-corrected chi connectivity index (χ1v) is 20.3. The summed E-state index contributed by atoms with van der Waals surface area (Å²) in [6.07, 6.45) is 0. The van der Waals surface area contributed by atoms with Crippen molar-refractivity contribution in [1.82, 2.24) is 9.13 Å². The van der Waals surface area contributed by atoms with Gasteiger partial charge in [0.2, 0.25) is 0 Å². The topological polar surface area (TPSA) is 9.86 Å². The van der Waals surface area contributed by atoms with Crippen LogP contribution < -0.4 is 0 Å². The molecule has 0 radical (unpaired) electrons. The van der Waals surface area contributed by atoms with E-state index in [1.807, 2.05) is 11.3 Å². The molecule has 0 bridgehead atoms. The van der Waals surface area contributed by atoms with Crippen LogP contribution in [-0.2, 0) is 0 Å². The highest BCUT2D eigenvalue weighted by molar-refractivity contribution is 7.25. The Balaban J connectivity index is 1.10. The van der Waals surface area contributed by atoms with Gasteiger partial charge in [0.15, 0.2) is 0 Å². The molecule has 12 aromatic rings. The molecule has 57 heavy (non-hydrogen) atoms. The third-order valence-corrected chi connectivity index (χ3v) is 12.9. The molecule has 0 saturated heterocycles. The monoisotopic (exact) mass is 742 g/mol. The van der Waals surface area contributed by atoms with Crippen molar-refractivity contribution in [3.63, 3.8) is 0 Å². The third kappa shape index (κ3) is 4.96. The smallest absolute Gasteiger partial charge is 0.0547 e. The van der Waals surface area contributed by atoms with E-state index < -0.39 is 0 Å². The summed E-state index contributed by atoms with van der Waals surface area (Å²) in [6, 6.07) is 75.7. The van der Waals surface area contributed by atoms with Crippen LogP contribution in [0.2, 0.25) is 0 Å². The Hall–Kier alpha value is -7.20. The molecule has 0 atom stereocenters. The van der Waals surface area contributed by atoms with Crippen molar-refractivity contribution in [2.75, 3.05) is 0 Å². The van der Waals surface area contributed by atoms with E-state index in [-0.39, 0.29) is 0 Å². The molecular weight excluding hydrogens is 709 g/mol. The van der Waals surface area contributed by atoms with Gasteiger partial charge in [0.25, 0.3) is 0 Å². The summed E-state index contributed by atoms with van der Waals surface area (Å²) in [4.78, 5) is 0. The van der Waals surface area contributed by atoms with Crippen LogP contribution in [0.15, 0.2) is 206 Å². The molecule has 12 rings (SSSR count). The van der Waals surface area contributed by atoms with E-state index in [0.717, 1.165) is 5.69 Å². The molecule has 3 heterocycles. The predicted molar refractivity (Wildman–Crippen MR) is 244 cm³/mol. The number of thiophene rings is 1. The quantitative estimate of drug-likeness (QED) is 0.166. The van der Waals surface area contributed by atoms with Crippen molar-refractivity contribution in [3.05, 3.63) is 206 Å². The summed E-state index contributed by atoms with van der Waals surface area (Å²) < 4.78 is 7.55. The van der Waals surface area contributed by atoms with Gasteiger partial charge in [0.1, 0.15) is 0 Å².